The van der Waals surface area contributed by atoms with Crippen molar-refractivity contribution in [1.29, 1.82) is 0 Å². The van der Waals surface area contributed by atoms with E-state index < -0.39 is 0 Å². The predicted octanol–water partition coefficient (Wildman–Crippen LogP) is 11.7. The molecule has 0 aliphatic carbocycles. The second-order valence-corrected chi connectivity index (χ2v) is 16.9. The molecule has 2 aliphatic rings. The van der Waals surface area contributed by atoms with Crippen LogP contribution in [0.5, 0.6) is 0 Å². The smallest absolute Gasteiger partial charge is 0.0586 e. The van der Waals surface area contributed by atoms with Crippen molar-refractivity contribution in [3.63, 3.8) is 0 Å². The van der Waals surface area contributed by atoms with E-state index in [2.05, 4.69) is 109 Å². The van der Waals surface area contributed by atoms with E-state index in [4.69, 9.17) is 0 Å². The molecule has 2 aromatic heterocycles. The molecule has 4 aromatic rings. The Balaban J connectivity index is 1.37. The van der Waals surface area contributed by atoms with E-state index in [-0.39, 0.29) is 0 Å². The molecule has 2 aromatic carbocycles. The van der Waals surface area contributed by atoms with Gasteiger partial charge in [0.05, 0.1) is 28.3 Å². The molecule has 0 radical (unpaired) electrons. The summed E-state index contributed by atoms with van der Waals surface area (Å²) in [4.78, 5) is 11.8. The zero-order chi connectivity index (χ0) is 28.7. The number of aromatic nitrogens is 2. The largest absolute Gasteiger partial charge is 0.260 e. The maximum absolute atomic E-state index is 4.54. The van der Waals surface area contributed by atoms with Gasteiger partial charge < -0.3 is 0 Å². The van der Waals surface area contributed by atoms with Crippen molar-refractivity contribution < 1.29 is 0 Å². The molecule has 2 nitrogen and oxygen atoms in total. The highest BCUT2D eigenvalue weighted by Crippen LogP contribution is 2.62. The predicted molar refractivity (Wildman–Crippen MR) is 194 cm³/mol. The van der Waals surface area contributed by atoms with Gasteiger partial charge in [0.2, 0.25) is 0 Å². The summed E-state index contributed by atoms with van der Waals surface area (Å²) in [5.74, 6) is 1.74. The summed E-state index contributed by atoms with van der Waals surface area (Å²) < 4.78 is 5.39. The Labute approximate surface area is 273 Å². The maximum atomic E-state index is 4.54. The normalized spacial score (nSPS) is 17.7. The average molecular weight is 657 g/mol. The fourth-order valence-electron chi connectivity index (χ4n) is 4.37. The van der Waals surface area contributed by atoms with Crippen LogP contribution in [0.2, 0.25) is 0 Å². The molecule has 4 heterocycles. The van der Waals surface area contributed by atoms with Crippen molar-refractivity contribution in [1.82, 2.24) is 9.97 Å². The maximum Gasteiger partial charge on any atom is 0.0586 e. The highest BCUT2D eigenvalue weighted by atomic mass is 32.2. The van der Waals surface area contributed by atoms with Crippen LogP contribution in [0.25, 0.3) is 11.1 Å². The highest BCUT2D eigenvalue weighted by Gasteiger charge is 2.30. The summed E-state index contributed by atoms with van der Waals surface area (Å²) in [7, 11) is 0. The number of thioether (sulfide) groups is 6. The van der Waals surface area contributed by atoms with Gasteiger partial charge in [-0.15, -0.1) is 23.5 Å². The molecule has 0 bridgehead atoms. The minimum Gasteiger partial charge on any atom is -0.260 e. The lowest BCUT2D eigenvalue weighted by atomic mass is 9.95. The van der Waals surface area contributed by atoms with E-state index in [1.54, 1.807) is 0 Å². The Kier molecular flexibility index (Phi) is 10.3. The number of pyridine rings is 2. The molecule has 0 N–H and O–H groups in total. The van der Waals surface area contributed by atoms with E-state index in [1.807, 2.05) is 95.1 Å². The molecule has 0 spiro atoms. The zero-order valence-electron chi connectivity index (χ0n) is 23.2. The summed E-state index contributed by atoms with van der Waals surface area (Å²) in [6, 6.07) is 34.1. The van der Waals surface area contributed by atoms with Gasteiger partial charge in [0, 0.05) is 44.9 Å². The number of allylic oxidation sites excluding steroid dienone is 4. The molecular weight excluding hydrogens is 629 g/mol. The quantitative estimate of drug-likeness (QED) is 0.176. The summed E-state index contributed by atoms with van der Waals surface area (Å²) in [5.41, 5.74) is 7.33. The van der Waals surface area contributed by atoms with Gasteiger partial charge in [0.25, 0.3) is 0 Å². The molecular formula is C34H28N2S6. The Hall–Kier alpha value is -2.20. The Morgan fingerprint density at radius 3 is 1.31 bits per heavy atom. The molecule has 0 amide bonds. The minimum absolute atomic E-state index is 0.868. The topological polar surface area (TPSA) is 25.8 Å². The lowest BCUT2D eigenvalue weighted by Crippen LogP contribution is -1.95. The van der Waals surface area contributed by atoms with Gasteiger partial charge in [-0.3, -0.25) is 9.97 Å². The standard InChI is InChI=1S/C34H28N2S6/c1-23-31(37-21-27-17-9-11-19-35-27)41-33(39-23)29(25-13-5-3-6-14-25)30(26-15-7-4-8-16-26)34-40-24(2)32(42-34)38-22-28-18-10-12-20-36-28/h3-20H,21-22H2,1-2H3/b33-29+,34-30+. The van der Waals surface area contributed by atoms with Gasteiger partial charge in [-0.1, -0.05) is 120 Å². The molecule has 0 atom stereocenters. The molecule has 6 rings (SSSR count). The second-order valence-electron chi connectivity index (χ2n) is 9.37. The molecule has 0 fully saturated rings. The summed E-state index contributed by atoms with van der Waals surface area (Å²) in [6.07, 6.45) is 3.75. The molecule has 2 aliphatic heterocycles. The first kappa shape index (κ1) is 29.9. The van der Waals surface area contributed by atoms with Gasteiger partial charge >= 0.3 is 0 Å². The van der Waals surface area contributed by atoms with Crippen LogP contribution >= 0.6 is 70.6 Å². The number of rotatable bonds is 9. The highest BCUT2D eigenvalue weighted by molar-refractivity contribution is 8.36. The molecule has 0 saturated carbocycles. The van der Waals surface area contributed by atoms with Gasteiger partial charge in [0.15, 0.2) is 0 Å². The van der Waals surface area contributed by atoms with Crippen molar-refractivity contribution in [3.05, 3.63) is 159 Å². The first-order chi connectivity index (χ1) is 20.7. The third kappa shape index (κ3) is 7.29. The van der Waals surface area contributed by atoms with Crippen molar-refractivity contribution in [2.24, 2.45) is 0 Å². The van der Waals surface area contributed by atoms with Crippen LogP contribution in [0, 0.1) is 0 Å². The number of hydrogen-bond acceptors (Lipinski definition) is 8. The van der Waals surface area contributed by atoms with Crippen LogP contribution in [0.1, 0.15) is 36.4 Å². The van der Waals surface area contributed by atoms with Crippen LogP contribution in [0.4, 0.5) is 0 Å². The van der Waals surface area contributed by atoms with Gasteiger partial charge in [0.1, 0.15) is 0 Å². The summed E-state index contributed by atoms with van der Waals surface area (Å²) >= 11 is 11.4. The fraction of sp³-hybridized carbons (Fsp3) is 0.118. The fourth-order valence-corrected chi connectivity index (χ4v) is 12.6. The van der Waals surface area contributed by atoms with Crippen molar-refractivity contribution in [2.75, 3.05) is 0 Å². The van der Waals surface area contributed by atoms with Crippen LogP contribution in [-0.4, -0.2) is 9.97 Å². The van der Waals surface area contributed by atoms with E-state index >= 15 is 0 Å². The lowest BCUT2D eigenvalue weighted by Gasteiger charge is -2.19. The van der Waals surface area contributed by atoms with Crippen LogP contribution in [0.3, 0.4) is 0 Å². The first-order valence-electron chi connectivity index (χ1n) is 13.4. The number of benzene rings is 2. The van der Waals surface area contributed by atoms with Crippen molar-refractivity contribution in [2.45, 2.75) is 25.4 Å². The molecule has 0 saturated heterocycles. The minimum atomic E-state index is 0.868. The van der Waals surface area contributed by atoms with Crippen molar-refractivity contribution in [3.8, 4) is 0 Å². The summed E-state index contributed by atoms with van der Waals surface area (Å²) in [6.45, 7) is 4.50. The first-order valence-corrected chi connectivity index (χ1v) is 18.7. The molecule has 42 heavy (non-hydrogen) atoms. The van der Waals surface area contributed by atoms with Crippen molar-refractivity contribution >= 4 is 81.7 Å². The van der Waals surface area contributed by atoms with Gasteiger partial charge in [-0.2, -0.15) is 0 Å². The number of hydrogen-bond donors (Lipinski definition) is 0. The van der Waals surface area contributed by atoms with E-state index in [0.717, 1.165) is 22.9 Å². The lowest BCUT2D eigenvalue weighted by molar-refractivity contribution is 1.18. The van der Waals surface area contributed by atoms with E-state index in [9.17, 15) is 0 Å². The van der Waals surface area contributed by atoms with Gasteiger partial charge in [-0.05, 0) is 49.2 Å². The Bertz CT molecular complexity index is 1540. The van der Waals surface area contributed by atoms with Crippen LogP contribution in [0.15, 0.2) is 136 Å². The molecule has 0 unspecified atom stereocenters. The Morgan fingerprint density at radius 1 is 0.524 bits per heavy atom. The van der Waals surface area contributed by atoms with Crippen LogP contribution in [-0.2, 0) is 11.5 Å². The Morgan fingerprint density at radius 2 is 0.929 bits per heavy atom. The zero-order valence-corrected chi connectivity index (χ0v) is 28.0. The third-order valence-corrected chi connectivity index (χ3v) is 14.7. The van der Waals surface area contributed by atoms with Crippen LogP contribution < -0.4 is 0 Å². The second kappa shape index (κ2) is 14.5. The van der Waals surface area contributed by atoms with E-state index in [1.165, 1.54) is 49.0 Å². The molecule has 8 heteroatoms. The van der Waals surface area contributed by atoms with Gasteiger partial charge in [-0.25, -0.2) is 0 Å². The molecule has 210 valence electrons. The van der Waals surface area contributed by atoms with E-state index in [0.29, 0.717) is 0 Å². The average Bonchev–Trinajstić information content (AvgIpc) is 3.60. The third-order valence-electron chi connectivity index (χ3n) is 6.38. The summed E-state index contributed by atoms with van der Waals surface area (Å²) in [5, 5.41) is 0. The monoisotopic (exact) mass is 656 g/mol. The SMILES string of the molecule is CC1=C(SCc2ccccn2)S/C(=C(/C(=C2\SC(C)=C(SCc3ccccn3)S2)c2ccccc2)c2ccccc2)S1. The number of nitrogens with zero attached hydrogens (tertiary/aromatic N) is 2.